The lowest BCUT2D eigenvalue weighted by Crippen LogP contribution is -2.55. The van der Waals surface area contributed by atoms with Gasteiger partial charge in [-0.15, -0.1) is 0 Å². The molecule has 9 aliphatic rings. The third kappa shape index (κ3) is 6.84. The van der Waals surface area contributed by atoms with Crippen molar-refractivity contribution in [3.8, 4) is 11.4 Å². The normalized spacial score (nSPS) is 32.6. The molecule has 4 aromatic rings. The second-order valence-electron chi connectivity index (χ2n) is 18.3. The average Bonchev–Trinajstić information content (AvgIpc) is 3.83. The van der Waals surface area contributed by atoms with Gasteiger partial charge in [0, 0.05) is 25.2 Å². The number of piperidine rings is 1. The van der Waals surface area contributed by atoms with Gasteiger partial charge >= 0.3 is 0 Å². The van der Waals surface area contributed by atoms with Crippen LogP contribution in [-0.2, 0) is 0 Å². The highest BCUT2D eigenvalue weighted by Gasteiger charge is 2.50. The number of para-hydroxylation sites is 2. The molecule has 3 heterocycles. The van der Waals surface area contributed by atoms with Crippen molar-refractivity contribution in [1.82, 2.24) is 30.2 Å². The molecule has 3 N–H and O–H groups in total. The molecule has 0 radical (unpaired) electrons. The molecule has 11 heteroatoms. The first-order valence-electron chi connectivity index (χ1n) is 21.3. The fourth-order valence-corrected chi connectivity index (χ4v) is 12.9. The summed E-state index contributed by atoms with van der Waals surface area (Å²) in [6.45, 7) is 1.47. The number of amides is 2. The Labute approximate surface area is 334 Å². The first-order chi connectivity index (χ1) is 27.3. The van der Waals surface area contributed by atoms with Crippen molar-refractivity contribution in [2.24, 2.45) is 47.3 Å². The molecule has 2 amide bonds. The highest BCUT2D eigenvalue weighted by molar-refractivity contribution is 6.33. The smallest absolute Gasteiger partial charge is 0.256 e. The number of halogens is 1. The van der Waals surface area contributed by atoms with E-state index in [-0.39, 0.29) is 17.9 Å². The van der Waals surface area contributed by atoms with Gasteiger partial charge in [-0.05, 0) is 149 Å². The van der Waals surface area contributed by atoms with Crippen molar-refractivity contribution < 1.29 is 14.7 Å². The van der Waals surface area contributed by atoms with Gasteiger partial charge in [-0.1, -0.05) is 48.0 Å². The van der Waals surface area contributed by atoms with Crippen molar-refractivity contribution in [2.75, 3.05) is 18.0 Å². The minimum absolute atomic E-state index is 0.0146. The van der Waals surface area contributed by atoms with Crippen molar-refractivity contribution in [1.29, 1.82) is 0 Å². The minimum atomic E-state index is -0.255. The van der Waals surface area contributed by atoms with Crippen LogP contribution in [0.15, 0.2) is 73.1 Å². The van der Waals surface area contributed by atoms with E-state index < -0.39 is 0 Å². The van der Waals surface area contributed by atoms with Crippen LogP contribution in [0, 0.1) is 47.3 Å². The number of hydrogen-bond donors (Lipinski definition) is 3. The van der Waals surface area contributed by atoms with Crippen LogP contribution in [0.1, 0.15) is 97.8 Å². The van der Waals surface area contributed by atoms with Gasteiger partial charge in [0.25, 0.3) is 11.8 Å². The predicted octanol–water partition coefficient (Wildman–Crippen LogP) is 7.47. The molecule has 1 aliphatic heterocycles. The van der Waals surface area contributed by atoms with Crippen molar-refractivity contribution in [2.45, 2.75) is 95.2 Å². The highest BCUT2D eigenvalue weighted by Crippen LogP contribution is 2.55. The Kier molecular flexibility index (Phi) is 9.68. The Morgan fingerprint density at radius 2 is 1.00 bits per heavy atom. The van der Waals surface area contributed by atoms with Gasteiger partial charge in [-0.2, -0.15) is 10.2 Å². The summed E-state index contributed by atoms with van der Waals surface area (Å²) < 4.78 is 3.51. The number of hydrogen-bond acceptors (Lipinski definition) is 6. The first-order valence-corrected chi connectivity index (χ1v) is 21.7. The van der Waals surface area contributed by atoms with Crippen LogP contribution < -0.4 is 15.5 Å². The SMILES string of the molecule is O=C(NC1C2CC3CC(C2)CC1C3)c1cnn(-c2ccccc2)c1Cl.O=C(NC1C2CC3CC(C2)CC1C3)c1cnn(-c2ccccc2)c1N1CCC(O)CC1. The summed E-state index contributed by atoms with van der Waals surface area (Å²) in [7, 11) is 0. The van der Waals surface area contributed by atoms with Gasteiger partial charge in [0.05, 0.1) is 35.4 Å². The summed E-state index contributed by atoms with van der Waals surface area (Å²) in [4.78, 5) is 28.6. The monoisotopic (exact) mass is 775 g/mol. The Morgan fingerprint density at radius 3 is 1.48 bits per heavy atom. The van der Waals surface area contributed by atoms with Gasteiger partial charge < -0.3 is 20.6 Å². The molecule has 0 atom stereocenters. The lowest BCUT2D eigenvalue weighted by atomic mass is 9.54. The quantitative estimate of drug-likeness (QED) is 0.180. The van der Waals surface area contributed by atoms with Gasteiger partial charge in [-0.25, -0.2) is 9.36 Å². The van der Waals surface area contributed by atoms with E-state index in [1.807, 2.05) is 65.3 Å². The van der Waals surface area contributed by atoms with E-state index in [1.165, 1.54) is 64.2 Å². The maximum absolute atomic E-state index is 13.6. The Balaban J connectivity index is 0.000000140. The topological polar surface area (TPSA) is 117 Å². The lowest BCUT2D eigenvalue weighted by molar-refractivity contribution is -0.0119. The molecule has 2 aromatic carbocycles. The van der Waals surface area contributed by atoms with E-state index in [1.54, 1.807) is 17.1 Å². The fourth-order valence-electron chi connectivity index (χ4n) is 12.7. The second kappa shape index (κ2) is 15.0. The van der Waals surface area contributed by atoms with Gasteiger partial charge in [0.15, 0.2) is 0 Å². The minimum Gasteiger partial charge on any atom is -0.393 e. The zero-order valence-electron chi connectivity index (χ0n) is 32.1. The van der Waals surface area contributed by atoms with Gasteiger partial charge in [-0.3, -0.25) is 9.59 Å². The van der Waals surface area contributed by atoms with Crippen LogP contribution in [0.25, 0.3) is 11.4 Å². The number of benzene rings is 2. The summed E-state index contributed by atoms with van der Waals surface area (Å²) in [6, 6.07) is 20.3. The fraction of sp³-hybridized carbons (Fsp3) is 0.556. The summed E-state index contributed by atoms with van der Waals surface area (Å²) >= 11 is 6.46. The second-order valence-corrected chi connectivity index (χ2v) is 18.7. The first kappa shape index (κ1) is 36.2. The molecule has 2 aromatic heterocycles. The number of aliphatic hydroxyl groups excluding tert-OH is 1. The Bertz CT molecular complexity index is 1980. The lowest BCUT2D eigenvalue weighted by Gasteiger charge is -2.54. The molecule has 13 rings (SSSR count). The van der Waals surface area contributed by atoms with Crippen LogP contribution in [-0.4, -0.2) is 67.8 Å². The molecular formula is C45H54ClN7O3. The predicted molar refractivity (Wildman–Crippen MR) is 216 cm³/mol. The molecule has 10 nitrogen and oxygen atoms in total. The number of nitrogens with zero attached hydrogens (tertiary/aromatic N) is 5. The number of rotatable bonds is 7. The van der Waals surface area contributed by atoms with E-state index in [0.29, 0.717) is 52.0 Å². The third-order valence-electron chi connectivity index (χ3n) is 14.8. The van der Waals surface area contributed by atoms with Crippen LogP contribution in [0.5, 0.6) is 0 Å². The summed E-state index contributed by atoms with van der Waals surface area (Å²) in [5.41, 5.74) is 2.95. The van der Waals surface area contributed by atoms with Crippen LogP contribution >= 0.6 is 11.6 Å². The number of carbonyl (C=O) groups is 2. The van der Waals surface area contributed by atoms with Crippen LogP contribution in [0.4, 0.5) is 5.82 Å². The Morgan fingerprint density at radius 1 is 0.589 bits per heavy atom. The molecule has 294 valence electrons. The van der Waals surface area contributed by atoms with Crippen LogP contribution in [0.3, 0.4) is 0 Å². The van der Waals surface area contributed by atoms with Crippen molar-refractivity contribution >= 4 is 29.2 Å². The van der Waals surface area contributed by atoms with E-state index in [9.17, 15) is 14.7 Å². The average molecular weight is 776 g/mol. The molecule has 9 fully saturated rings. The standard InChI is InChI=1S/C25H32N4O2.C20H22ClN3O/c30-21-6-8-28(9-7-21)25-22(15-26-29(25)20-4-2-1-3-5-20)24(31)27-23-18-11-16-10-17(13-18)14-19(23)12-16;21-19-17(11-22-24(19)16-4-2-1-3-5-16)20(25)23-18-14-7-12-6-13(9-14)10-15(18)8-12/h1-5,15-19,21,23,30H,6-14H2,(H,27,31);1-5,11-15,18H,6-10H2,(H,23,25). The molecular weight excluding hydrogens is 722 g/mol. The zero-order valence-corrected chi connectivity index (χ0v) is 32.8. The van der Waals surface area contributed by atoms with Crippen molar-refractivity contribution in [3.05, 3.63) is 89.3 Å². The van der Waals surface area contributed by atoms with E-state index in [2.05, 4.69) is 25.7 Å². The van der Waals surface area contributed by atoms with Crippen molar-refractivity contribution in [3.63, 3.8) is 0 Å². The maximum atomic E-state index is 13.6. The molecule has 1 saturated heterocycles. The maximum Gasteiger partial charge on any atom is 0.256 e. The summed E-state index contributed by atoms with van der Waals surface area (Å²) in [6.07, 6.45) is 17.6. The van der Waals surface area contributed by atoms with Crippen LogP contribution in [0.2, 0.25) is 5.15 Å². The molecule has 56 heavy (non-hydrogen) atoms. The molecule has 0 spiro atoms. The number of aromatic nitrogens is 4. The third-order valence-corrected chi connectivity index (χ3v) is 15.1. The summed E-state index contributed by atoms with van der Waals surface area (Å²) in [5.74, 6) is 7.01. The number of aliphatic hydroxyl groups is 1. The zero-order chi connectivity index (χ0) is 37.9. The van der Waals surface area contributed by atoms with E-state index >= 15 is 0 Å². The molecule has 8 saturated carbocycles. The highest BCUT2D eigenvalue weighted by atomic mass is 35.5. The number of anilines is 1. The van der Waals surface area contributed by atoms with E-state index in [4.69, 9.17) is 11.6 Å². The molecule has 0 unspecified atom stereocenters. The van der Waals surface area contributed by atoms with E-state index in [0.717, 1.165) is 66.8 Å². The van der Waals surface area contributed by atoms with Gasteiger partial charge in [0.2, 0.25) is 0 Å². The molecule has 8 bridgehead atoms. The Hall–Kier alpha value is -4.15. The largest absolute Gasteiger partial charge is 0.393 e. The number of nitrogens with one attached hydrogen (secondary N) is 2. The molecule has 8 aliphatic carbocycles. The number of carbonyl (C=O) groups excluding carboxylic acids is 2. The van der Waals surface area contributed by atoms with Gasteiger partial charge in [0.1, 0.15) is 16.5 Å². The summed E-state index contributed by atoms with van der Waals surface area (Å²) in [5, 5.41) is 26.1.